The molecule has 2 rings (SSSR count). The van der Waals surface area contributed by atoms with Crippen LogP contribution in [0.2, 0.25) is 0 Å². The molecule has 0 spiro atoms. The fraction of sp³-hybridized carbons (Fsp3) is 0.875. The van der Waals surface area contributed by atoms with Crippen LogP contribution in [-0.4, -0.2) is 56.2 Å². The van der Waals surface area contributed by atoms with E-state index in [1.165, 1.54) is 0 Å². The quantitative estimate of drug-likeness (QED) is 0.514. The number of ether oxygens (including phenoxy) is 2. The lowest BCUT2D eigenvalue weighted by atomic mass is 10.2. The van der Waals surface area contributed by atoms with Gasteiger partial charge in [-0.15, -0.1) is 0 Å². The Labute approximate surface area is 71.4 Å². The van der Waals surface area contributed by atoms with Crippen LogP contribution in [0.5, 0.6) is 0 Å². The third-order valence-corrected chi connectivity index (χ3v) is 2.37. The topological polar surface area (TPSA) is 38.8 Å². The number of rotatable bonds is 2. The molecule has 0 N–H and O–H groups in total. The van der Waals surface area contributed by atoms with Gasteiger partial charge >= 0.3 is 0 Å². The molecule has 0 amide bonds. The third kappa shape index (κ3) is 1.50. The molecule has 2 fully saturated rings. The summed E-state index contributed by atoms with van der Waals surface area (Å²) in [5.74, 6) is 0. The zero-order chi connectivity index (χ0) is 8.39. The van der Waals surface area contributed by atoms with Gasteiger partial charge in [-0.05, 0) is 0 Å². The first-order valence-electron chi connectivity index (χ1n) is 4.29. The maximum absolute atomic E-state index is 10.2. The summed E-state index contributed by atoms with van der Waals surface area (Å²) in [7, 11) is 0. The largest absolute Gasteiger partial charge is 0.372 e. The molecule has 0 radical (unpaired) electrons. The van der Waals surface area contributed by atoms with E-state index < -0.39 is 0 Å². The summed E-state index contributed by atoms with van der Waals surface area (Å²) >= 11 is 0. The maximum atomic E-state index is 10.2. The van der Waals surface area contributed by atoms with Crippen LogP contribution in [0.1, 0.15) is 0 Å². The highest BCUT2D eigenvalue weighted by molar-refractivity contribution is 5.52. The Bertz CT molecular complexity index is 160. The third-order valence-electron chi connectivity index (χ3n) is 2.37. The van der Waals surface area contributed by atoms with Gasteiger partial charge in [0.2, 0.25) is 0 Å². The summed E-state index contributed by atoms with van der Waals surface area (Å²) in [6, 6.07) is 0. The van der Waals surface area contributed by atoms with Crippen molar-refractivity contribution < 1.29 is 14.3 Å². The molecule has 4 nitrogen and oxygen atoms in total. The van der Waals surface area contributed by atoms with Crippen LogP contribution in [0.15, 0.2) is 0 Å². The van der Waals surface area contributed by atoms with Gasteiger partial charge in [0, 0.05) is 13.1 Å². The van der Waals surface area contributed by atoms with E-state index in [0.717, 1.165) is 19.4 Å². The number of fused-ring (bicyclic) bond motifs is 1. The molecule has 0 aromatic carbocycles. The Balaban J connectivity index is 1.89. The summed E-state index contributed by atoms with van der Waals surface area (Å²) in [6.45, 7) is 3.55. The Kier molecular flexibility index (Phi) is 2.39. The number of hydrogen-bond donors (Lipinski definition) is 0. The number of likely N-dealkylation sites (tertiary alicyclic amines) is 1. The van der Waals surface area contributed by atoms with Crippen molar-refractivity contribution in [1.29, 1.82) is 0 Å². The number of nitrogens with zero attached hydrogens (tertiary/aromatic N) is 1. The van der Waals surface area contributed by atoms with Crippen molar-refractivity contribution in [1.82, 2.24) is 4.90 Å². The highest BCUT2D eigenvalue weighted by atomic mass is 16.6. The minimum atomic E-state index is 0.193. The van der Waals surface area contributed by atoms with E-state index in [0.29, 0.717) is 19.8 Å². The second kappa shape index (κ2) is 3.51. The molecule has 4 heteroatoms. The fourth-order valence-corrected chi connectivity index (χ4v) is 1.79. The van der Waals surface area contributed by atoms with Crippen molar-refractivity contribution in [3.8, 4) is 0 Å². The Hall–Kier alpha value is -0.450. The van der Waals surface area contributed by atoms with Gasteiger partial charge in [0.25, 0.3) is 0 Å². The predicted octanol–water partition coefficient (Wildman–Crippen LogP) is -0.715. The Morgan fingerprint density at radius 2 is 1.83 bits per heavy atom. The molecule has 0 bridgehead atoms. The average molecular weight is 171 g/mol. The van der Waals surface area contributed by atoms with Crippen LogP contribution in [0.3, 0.4) is 0 Å². The van der Waals surface area contributed by atoms with Gasteiger partial charge in [-0.2, -0.15) is 0 Å². The van der Waals surface area contributed by atoms with Crippen molar-refractivity contribution in [3.05, 3.63) is 0 Å². The van der Waals surface area contributed by atoms with Gasteiger partial charge in [0.1, 0.15) is 6.29 Å². The van der Waals surface area contributed by atoms with Gasteiger partial charge in [-0.1, -0.05) is 0 Å². The lowest BCUT2D eigenvalue weighted by Gasteiger charge is -2.24. The van der Waals surface area contributed by atoms with Crippen molar-refractivity contribution >= 4 is 6.29 Å². The van der Waals surface area contributed by atoms with Crippen LogP contribution in [0, 0.1) is 0 Å². The zero-order valence-corrected chi connectivity index (χ0v) is 6.94. The van der Waals surface area contributed by atoms with E-state index in [1.807, 2.05) is 0 Å². The number of carbonyl (C=O) groups is 1. The minimum absolute atomic E-state index is 0.193. The lowest BCUT2D eigenvalue weighted by molar-refractivity contribution is -0.116. The van der Waals surface area contributed by atoms with Gasteiger partial charge in [0.05, 0.1) is 32.0 Å². The Morgan fingerprint density at radius 1 is 1.25 bits per heavy atom. The molecule has 0 aliphatic carbocycles. The first kappa shape index (κ1) is 8.16. The number of aldehydes is 1. The van der Waals surface area contributed by atoms with Gasteiger partial charge in [0.15, 0.2) is 0 Å². The summed E-state index contributed by atoms with van der Waals surface area (Å²) in [5.41, 5.74) is 0. The van der Waals surface area contributed by atoms with Crippen molar-refractivity contribution in [2.75, 3.05) is 32.8 Å². The van der Waals surface area contributed by atoms with E-state index in [4.69, 9.17) is 9.47 Å². The van der Waals surface area contributed by atoms with Crippen LogP contribution < -0.4 is 0 Å². The smallest absolute Gasteiger partial charge is 0.133 e. The molecule has 2 aliphatic heterocycles. The monoisotopic (exact) mass is 171 g/mol. The normalized spacial score (nSPS) is 36.3. The molecule has 2 heterocycles. The Morgan fingerprint density at radius 3 is 2.33 bits per heavy atom. The van der Waals surface area contributed by atoms with Gasteiger partial charge < -0.3 is 14.3 Å². The summed E-state index contributed by atoms with van der Waals surface area (Å²) in [6.07, 6.45) is 1.31. The molecule has 2 unspecified atom stereocenters. The van der Waals surface area contributed by atoms with E-state index in [1.54, 1.807) is 0 Å². The molecule has 2 saturated heterocycles. The second-order valence-corrected chi connectivity index (χ2v) is 3.20. The van der Waals surface area contributed by atoms with Crippen LogP contribution in [0.25, 0.3) is 0 Å². The molecule has 0 aromatic rings. The van der Waals surface area contributed by atoms with E-state index in [2.05, 4.69) is 4.90 Å². The number of carbonyl (C=O) groups excluding carboxylic acids is 1. The zero-order valence-electron chi connectivity index (χ0n) is 6.94. The summed E-state index contributed by atoms with van der Waals surface area (Å²) in [4.78, 5) is 12.3. The molecule has 68 valence electrons. The lowest BCUT2D eigenvalue weighted by Crippen LogP contribution is -2.36. The second-order valence-electron chi connectivity index (χ2n) is 3.20. The summed E-state index contributed by atoms with van der Waals surface area (Å²) < 4.78 is 11.0. The van der Waals surface area contributed by atoms with Crippen LogP contribution in [0.4, 0.5) is 0 Å². The van der Waals surface area contributed by atoms with Gasteiger partial charge in [-0.3, -0.25) is 4.90 Å². The minimum Gasteiger partial charge on any atom is -0.372 e. The maximum Gasteiger partial charge on any atom is 0.133 e. The highest BCUT2D eigenvalue weighted by Crippen LogP contribution is 2.19. The first-order valence-corrected chi connectivity index (χ1v) is 4.29. The standard InChI is InChI=1S/C8H13NO3/c10-2-1-9-5-7-8(6-9)12-4-3-11-7/h2,7-8H,1,3-6H2. The number of hydrogen-bond acceptors (Lipinski definition) is 4. The van der Waals surface area contributed by atoms with Crippen molar-refractivity contribution in [3.63, 3.8) is 0 Å². The molecule has 0 saturated carbocycles. The SMILES string of the molecule is O=CCN1CC2OCCOC2C1. The van der Waals surface area contributed by atoms with Crippen LogP contribution >= 0.6 is 0 Å². The van der Waals surface area contributed by atoms with Crippen LogP contribution in [-0.2, 0) is 14.3 Å². The molecular formula is C8H13NO3. The average Bonchev–Trinajstić information content (AvgIpc) is 2.47. The molecule has 0 aromatic heterocycles. The van der Waals surface area contributed by atoms with E-state index in [9.17, 15) is 4.79 Å². The van der Waals surface area contributed by atoms with E-state index in [-0.39, 0.29) is 12.2 Å². The first-order chi connectivity index (χ1) is 5.90. The highest BCUT2D eigenvalue weighted by Gasteiger charge is 2.35. The van der Waals surface area contributed by atoms with Crippen molar-refractivity contribution in [2.24, 2.45) is 0 Å². The fourth-order valence-electron chi connectivity index (χ4n) is 1.79. The van der Waals surface area contributed by atoms with E-state index >= 15 is 0 Å². The summed E-state index contributed by atoms with van der Waals surface area (Å²) in [5, 5.41) is 0. The van der Waals surface area contributed by atoms with Crippen molar-refractivity contribution in [2.45, 2.75) is 12.2 Å². The van der Waals surface area contributed by atoms with Gasteiger partial charge in [-0.25, -0.2) is 0 Å². The molecule has 2 aliphatic rings. The molecule has 2 atom stereocenters. The molecular weight excluding hydrogens is 158 g/mol. The molecule has 12 heavy (non-hydrogen) atoms. The predicted molar refractivity (Wildman–Crippen MR) is 42.0 cm³/mol.